The summed E-state index contributed by atoms with van der Waals surface area (Å²) in [4.78, 5) is 0. The number of H-pyrrole nitrogens is 1. The first-order chi connectivity index (χ1) is 13.7. The lowest BCUT2D eigenvalue weighted by atomic mass is 10.1. The Bertz CT molecular complexity index is 967. The number of nitrogens with zero attached hydrogens (tertiary/aromatic N) is 1. The van der Waals surface area contributed by atoms with Crippen LogP contribution in [0.4, 0.5) is 11.4 Å². The highest BCUT2D eigenvalue weighted by atomic mass is 32.3. The maximum atomic E-state index is 8.74. The number of hydrogen-bond donors (Lipinski definition) is 5. The molecule has 3 rings (SSSR count). The van der Waals surface area contributed by atoms with Crippen LogP contribution in [0, 0.1) is 0 Å². The fraction of sp³-hybridized carbons (Fsp3) is 0.105. The fourth-order valence-electron chi connectivity index (χ4n) is 1.97. The van der Waals surface area contributed by atoms with Crippen LogP contribution in [0.1, 0.15) is 18.1 Å². The minimum atomic E-state index is -4.67. The molecule has 0 saturated heterocycles. The molecule has 0 unspecified atom stereocenters. The van der Waals surface area contributed by atoms with Crippen molar-refractivity contribution in [2.24, 2.45) is 0 Å². The molecule has 0 aliphatic heterocycles. The first kappa shape index (κ1) is 23.7. The molecular formula is C19H24N4O5S. The van der Waals surface area contributed by atoms with Gasteiger partial charge in [-0.2, -0.15) is 8.42 Å². The van der Waals surface area contributed by atoms with Crippen molar-refractivity contribution in [3.8, 4) is 5.88 Å². The van der Waals surface area contributed by atoms with Gasteiger partial charge < -0.3 is 16.2 Å². The van der Waals surface area contributed by atoms with E-state index in [1.54, 1.807) is 18.3 Å². The molecule has 0 aliphatic carbocycles. The monoisotopic (exact) mass is 420 g/mol. The molecule has 9 nitrogen and oxygen atoms in total. The van der Waals surface area contributed by atoms with Gasteiger partial charge in [0.1, 0.15) is 0 Å². The van der Waals surface area contributed by atoms with Crippen molar-refractivity contribution >= 4 is 33.9 Å². The van der Waals surface area contributed by atoms with E-state index in [2.05, 4.69) is 10.2 Å². The molecule has 0 saturated carbocycles. The summed E-state index contributed by atoms with van der Waals surface area (Å²) in [5.74, 6) is 0.660. The lowest BCUT2D eigenvalue weighted by Gasteiger charge is -2.03. The van der Waals surface area contributed by atoms with E-state index in [4.69, 9.17) is 33.7 Å². The summed E-state index contributed by atoms with van der Waals surface area (Å²) < 4.78 is 36.6. The van der Waals surface area contributed by atoms with Crippen molar-refractivity contribution in [1.82, 2.24) is 10.2 Å². The zero-order valence-corrected chi connectivity index (χ0v) is 16.6. The zero-order valence-electron chi connectivity index (χ0n) is 15.8. The highest BCUT2D eigenvalue weighted by Crippen LogP contribution is 2.21. The quantitative estimate of drug-likeness (QED) is 0.244. The number of aromatic nitrogens is 2. The molecule has 2 aromatic carbocycles. The van der Waals surface area contributed by atoms with Crippen molar-refractivity contribution in [1.29, 1.82) is 0 Å². The van der Waals surface area contributed by atoms with Crippen molar-refractivity contribution in [3.63, 3.8) is 0 Å². The second kappa shape index (κ2) is 12.2. The third-order valence-corrected chi connectivity index (χ3v) is 3.20. The summed E-state index contributed by atoms with van der Waals surface area (Å²) >= 11 is 0. The Morgan fingerprint density at radius 2 is 1.69 bits per heavy atom. The molecule has 0 atom stereocenters. The van der Waals surface area contributed by atoms with Crippen LogP contribution in [0.5, 0.6) is 5.88 Å². The molecule has 0 aliphatic rings. The smallest absolute Gasteiger partial charge is 0.394 e. The van der Waals surface area contributed by atoms with Crippen molar-refractivity contribution in [2.75, 3.05) is 18.1 Å². The van der Waals surface area contributed by atoms with E-state index < -0.39 is 10.4 Å². The molecule has 10 heteroatoms. The summed E-state index contributed by atoms with van der Waals surface area (Å²) in [6, 6.07) is 17.5. The Morgan fingerprint density at radius 3 is 2.24 bits per heavy atom. The number of nitrogens with two attached hydrogens (primary N) is 2. The fourth-order valence-corrected chi connectivity index (χ4v) is 1.97. The van der Waals surface area contributed by atoms with Crippen LogP contribution in [0.15, 0.2) is 60.8 Å². The molecule has 0 spiro atoms. The Balaban J connectivity index is 0.000000269. The molecule has 156 valence electrons. The molecule has 0 fully saturated rings. The topological polar surface area (TPSA) is 165 Å². The van der Waals surface area contributed by atoms with E-state index in [9.17, 15) is 0 Å². The van der Waals surface area contributed by atoms with Gasteiger partial charge in [-0.1, -0.05) is 54.6 Å². The minimum Gasteiger partial charge on any atom is -0.477 e. The highest BCUT2D eigenvalue weighted by Gasteiger charge is 1.97. The van der Waals surface area contributed by atoms with Gasteiger partial charge in [-0.25, -0.2) is 0 Å². The second-order valence-electron chi connectivity index (χ2n) is 5.39. The van der Waals surface area contributed by atoms with Gasteiger partial charge in [0.25, 0.3) is 0 Å². The third-order valence-electron chi connectivity index (χ3n) is 3.20. The van der Waals surface area contributed by atoms with E-state index >= 15 is 0 Å². The van der Waals surface area contributed by atoms with Crippen LogP contribution < -0.4 is 16.2 Å². The van der Waals surface area contributed by atoms with Crippen LogP contribution in [0.25, 0.3) is 12.2 Å². The number of benzene rings is 2. The lowest BCUT2D eigenvalue weighted by molar-refractivity contribution is 0.326. The average molecular weight is 420 g/mol. The Kier molecular flexibility index (Phi) is 9.96. The first-order valence-corrected chi connectivity index (χ1v) is 9.80. The summed E-state index contributed by atoms with van der Waals surface area (Å²) in [5.41, 5.74) is 14.9. The third kappa shape index (κ3) is 11.2. The van der Waals surface area contributed by atoms with Crippen LogP contribution in [-0.2, 0) is 10.4 Å². The maximum Gasteiger partial charge on any atom is 0.394 e. The van der Waals surface area contributed by atoms with Crippen molar-refractivity contribution in [3.05, 3.63) is 71.9 Å². The largest absolute Gasteiger partial charge is 0.477 e. The molecule has 1 heterocycles. The predicted octanol–water partition coefficient (Wildman–Crippen LogP) is 3.18. The molecule has 1 aromatic heterocycles. The standard InChI is InChI=1S/C14H14N2.C5H8N2O.H2O4S/c15-13-8-4-7-12(14(13)16)10-9-11-5-2-1-3-6-11;1-2-8-5-3-4-6-7-5;1-5(2,3)4/h1-10H,15-16H2;3-4H,2H2,1H3,(H,6,7);(H2,1,2,3,4). The number of nitrogen functional groups attached to an aromatic ring is 2. The van der Waals surface area contributed by atoms with E-state index in [-0.39, 0.29) is 0 Å². The van der Waals surface area contributed by atoms with Gasteiger partial charge in [-0.05, 0) is 24.1 Å². The Hall–Kier alpha value is -3.34. The van der Waals surface area contributed by atoms with Crippen LogP contribution >= 0.6 is 0 Å². The van der Waals surface area contributed by atoms with Gasteiger partial charge in [0.2, 0.25) is 5.88 Å². The van der Waals surface area contributed by atoms with Crippen molar-refractivity contribution in [2.45, 2.75) is 6.92 Å². The van der Waals surface area contributed by atoms with E-state index in [0.29, 0.717) is 23.9 Å². The van der Waals surface area contributed by atoms with Crippen LogP contribution in [-0.4, -0.2) is 34.3 Å². The van der Waals surface area contributed by atoms with E-state index in [0.717, 1.165) is 11.1 Å². The highest BCUT2D eigenvalue weighted by molar-refractivity contribution is 7.79. The normalized spacial score (nSPS) is 10.4. The number of nitrogens with one attached hydrogen (secondary N) is 1. The zero-order chi connectivity index (χ0) is 21.7. The molecule has 0 bridgehead atoms. The number of para-hydroxylation sites is 1. The molecular weight excluding hydrogens is 396 g/mol. The van der Waals surface area contributed by atoms with Gasteiger partial charge in [-0.15, -0.1) is 5.10 Å². The van der Waals surface area contributed by atoms with E-state index in [1.165, 1.54) is 0 Å². The number of anilines is 2. The van der Waals surface area contributed by atoms with Crippen LogP contribution in [0.2, 0.25) is 0 Å². The van der Waals surface area contributed by atoms with Gasteiger partial charge in [-0.3, -0.25) is 14.2 Å². The van der Waals surface area contributed by atoms with Gasteiger partial charge >= 0.3 is 10.4 Å². The second-order valence-corrected chi connectivity index (χ2v) is 6.28. The minimum absolute atomic E-state index is 0.621. The van der Waals surface area contributed by atoms with Crippen LogP contribution in [0.3, 0.4) is 0 Å². The Labute approximate surface area is 169 Å². The maximum absolute atomic E-state index is 8.74. The van der Waals surface area contributed by atoms with Gasteiger partial charge in [0, 0.05) is 12.3 Å². The lowest BCUT2D eigenvalue weighted by Crippen LogP contribution is -1.96. The summed E-state index contributed by atoms with van der Waals surface area (Å²) in [6.45, 7) is 2.60. The number of rotatable bonds is 4. The molecule has 3 aromatic rings. The summed E-state index contributed by atoms with van der Waals surface area (Å²) in [7, 11) is -4.67. The molecule has 0 radical (unpaired) electrons. The van der Waals surface area contributed by atoms with Gasteiger partial charge in [0.15, 0.2) is 0 Å². The van der Waals surface area contributed by atoms with Gasteiger partial charge in [0.05, 0.1) is 18.0 Å². The number of aromatic amines is 1. The Morgan fingerprint density at radius 1 is 1.03 bits per heavy atom. The number of ether oxygens (including phenoxy) is 1. The number of hydrogen-bond acceptors (Lipinski definition) is 6. The molecule has 29 heavy (non-hydrogen) atoms. The van der Waals surface area contributed by atoms with E-state index in [1.807, 2.05) is 61.5 Å². The molecule has 0 amide bonds. The first-order valence-electron chi connectivity index (χ1n) is 8.40. The summed E-state index contributed by atoms with van der Waals surface area (Å²) in [6.07, 6.45) is 5.72. The summed E-state index contributed by atoms with van der Waals surface area (Å²) in [5, 5.41) is 6.40. The average Bonchev–Trinajstić information content (AvgIpc) is 3.17. The van der Waals surface area contributed by atoms with Crippen molar-refractivity contribution < 1.29 is 22.3 Å². The SMILES string of the molecule is CCOc1cc[nH]n1.Nc1cccc(C=Cc2ccccc2)c1N.O=S(=O)(O)O. The predicted molar refractivity (Wildman–Crippen MR) is 115 cm³/mol. The molecule has 7 N–H and O–H groups in total.